The molecule has 88 valence electrons. The van der Waals surface area contributed by atoms with E-state index in [9.17, 15) is 4.79 Å². The molecular formula is C14H15NO2. The third-order valence-corrected chi connectivity index (χ3v) is 2.66. The molecule has 3 nitrogen and oxygen atoms in total. The van der Waals surface area contributed by atoms with E-state index in [1.807, 2.05) is 12.1 Å². The highest BCUT2D eigenvalue weighted by Crippen LogP contribution is 2.25. The van der Waals surface area contributed by atoms with Crippen molar-refractivity contribution in [2.45, 2.75) is 19.8 Å². The SMILES string of the molecule is CC#CCCNC(=O)c1ccc2c(c1)CCO2. The van der Waals surface area contributed by atoms with E-state index in [4.69, 9.17) is 4.74 Å². The Balaban J connectivity index is 1.96. The van der Waals surface area contributed by atoms with Gasteiger partial charge in [0.25, 0.3) is 5.91 Å². The van der Waals surface area contributed by atoms with E-state index in [0.29, 0.717) is 25.1 Å². The first-order valence-electron chi connectivity index (χ1n) is 5.75. The molecule has 0 unspecified atom stereocenters. The molecule has 3 heteroatoms. The molecule has 0 radical (unpaired) electrons. The van der Waals surface area contributed by atoms with Crippen molar-refractivity contribution < 1.29 is 9.53 Å². The highest BCUT2D eigenvalue weighted by molar-refractivity contribution is 5.94. The van der Waals surface area contributed by atoms with E-state index in [2.05, 4.69) is 17.2 Å². The molecule has 1 aliphatic rings. The van der Waals surface area contributed by atoms with E-state index in [1.54, 1.807) is 13.0 Å². The maximum atomic E-state index is 11.8. The molecule has 17 heavy (non-hydrogen) atoms. The first-order chi connectivity index (χ1) is 8.31. The van der Waals surface area contributed by atoms with Crippen LogP contribution in [0.4, 0.5) is 0 Å². The van der Waals surface area contributed by atoms with Gasteiger partial charge in [-0.05, 0) is 30.7 Å². The molecule has 0 bridgehead atoms. The summed E-state index contributed by atoms with van der Waals surface area (Å²) in [5.74, 6) is 6.57. The lowest BCUT2D eigenvalue weighted by Gasteiger charge is -2.04. The second-order valence-corrected chi connectivity index (χ2v) is 3.85. The highest BCUT2D eigenvalue weighted by Gasteiger charge is 2.14. The van der Waals surface area contributed by atoms with Crippen molar-refractivity contribution in [3.8, 4) is 17.6 Å². The molecule has 0 spiro atoms. The molecule has 0 saturated heterocycles. The molecule has 0 aromatic heterocycles. The second kappa shape index (κ2) is 5.40. The summed E-state index contributed by atoms with van der Waals surface area (Å²) >= 11 is 0. The molecule has 0 aliphatic carbocycles. The van der Waals surface area contributed by atoms with E-state index in [-0.39, 0.29) is 5.91 Å². The molecule has 0 fully saturated rings. The van der Waals surface area contributed by atoms with Crippen LogP contribution in [0.2, 0.25) is 0 Å². The third-order valence-electron chi connectivity index (χ3n) is 2.66. The fraction of sp³-hybridized carbons (Fsp3) is 0.357. The second-order valence-electron chi connectivity index (χ2n) is 3.85. The van der Waals surface area contributed by atoms with Gasteiger partial charge in [0.1, 0.15) is 5.75 Å². The maximum Gasteiger partial charge on any atom is 0.251 e. The van der Waals surface area contributed by atoms with Crippen molar-refractivity contribution in [3.63, 3.8) is 0 Å². The van der Waals surface area contributed by atoms with Crippen molar-refractivity contribution in [1.29, 1.82) is 0 Å². The van der Waals surface area contributed by atoms with Gasteiger partial charge in [0, 0.05) is 24.9 Å². The van der Waals surface area contributed by atoms with Gasteiger partial charge in [-0.15, -0.1) is 11.8 Å². The topological polar surface area (TPSA) is 38.3 Å². The monoisotopic (exact) mass is 229 g/mol. The predicted octanol–water partition coefficient (Wildman–Crippen LogP) is 1.76. The van der Waals surface area contributed by atoms with Gasteiger partial charge in [-0.2, -0.15) is 0 Å². The van der Waals surface area contributed by atoms with E-state index >= 15 is 0 Å². The molecule has 0 atom stereocenters. The van der Waals surface area contributed by atoms with Gasteiger partial charge in [0.15, 0.2) is 0 Å². The zero-order valence-corrected chi connectivity index (χ0v) is 9.88. The maximum absolute atomic E-state index is 11.8. The van der Waals surface area contributed by atoms with E-state index < -0.39 is 0 Å². The Kier molecular flexibility index (Phi) is 3.66. The predicted molar refractivity (Wildman–Crippen MR) is 66.0 cm³/mol. The number of benzene rings is 1. The number of nitrogens with one attached hydrogen (secondary N) is 1. The number of hydrogen-bond acceptors (Lipinski definition) is 2. The van der Waals surface area contributed by atoms with E-state index in [0.717, 1.165) is 17.7 Å². The lowest BCUT2D eigenvalue weighted by molar-refractivity contribution is 0.0954. The van der Waals surface area contributed by atoms with Crippen LogP contribution in [0.15, 0.2) is 18.2 Å². The number of rotatable bonds is 3. The van der Waals surface area contributed by atoms with Gasteiger partial charge >= 0.3 is 0 Å². The van der Waals surface area contributed by atoms with Crippen LogP contribution in [-0.2, 0) is 6.42 Å². The first-order valence-corrected chi connectivity index (χ1v) is 5.75. The van der Waals surface area contributed by atoms with Crippen molar-refractivity contribution in [2.75, 3.05) is 13.2 Å². The Hall–Kier alpha value is -1.95. The van der Waals surface area contributed by atoms with Crippen LogP contribution >= 0.6 is 0 Å². The van der Waals surface area contributed by atoms with Gasteiger partial charge in [0.05, 0.1) is 6.61 Å². The molecule has 1 heterocycles. The summed E-state index contributed by atoms with van der Waals surface area (Å²) in [6, 6.07) is 5.57. The number of hydrogen-bond donors (Lipinski definition) is 1. The average molecular weight is 229 g/mol. The molecular weight excluding hydrogens is 214 g/mol. The lowest BCUT2D eigenvalue weighted by atomic mass is 10.1. The number of carbonyl (C=O) groups excluding carboxylic acids is 1. The Morgan fingerprint density at radius 2 is 2.41 bits per heavy atom. The normalized spacial score (nSPS) is 12.1. The van der Waals surface area contributed by atoms with Crippen molar-refractivity contribution >= 4 is 5.91 Å². The van der Waals surface area contributed by atoms with Gasteiger partial charge in [-0.3, -0.25) is 4.79 Å². The molecule has 1 aliphatic heterocycles. The Bertz CT molecular complexity index is 483. The zero-order valence-electron chi connectivity index (χ0n) is 9.88. The van der Waals surface area contributed by atoms with Crippen LogP contribution in [0.3, 0.4) is 0 Å². The molecule has 1 aromatic carbocycles. The van der Waals surface area contributed by atoms with Crippen LogP contribution in [0.1, 0.15) is 29.3 Å². The largest absolute Gasteiger partial charge is 0.493 e. The summed E-state index contributed by atoms with van der Waals surface area (Å²) in [6.07, 6.45) is 1.58. The van der Waals surface area contributed by atoms with Gasteiger partial charge in [-0.25, -0.2) is 0 Å². The molecule has 1 aromatic rings. The van der Waals surface area contributed by atoms with Crippen LogP contribution in [0.25, 0.3) is 0 Å². The van der Waals surface area contributed by atoms with Gasteiger partial charge in [0.2, 0.25) is 0 Å². The number of fused-ring (bicyclic) bond motifs is 1. The molecule has 1 N–H and O–H groups in total. The summed E-state index contributed by atoms with van der Waals surface area (Å²) in [7, 11) is 0. The summed E-state index contributed by atoms with van der Waals surface area (Å²) in [6.45, 7) is 3.10. The van der Waals surface area contributed by atoms with Gasteiger partial charge in [-0.1, -0.05) is 0 Å². The Labute approximate surface area is 101 Å². The summed E-state index contributed by atoms with van der Waals surface area (Å²) in [5.41, 5.74) is 1.81. The fourth-order valence-electron chi connectivity index (χ4n) is 1.79. The number of amides is 1. The van der Waals surface area contributed by atoms with Crippen molar-refractivity contribution in [1.82, 2.24) is 5.32 Å². The summed E-state index contributed by atoms with van der Waals surface area (Å²) < 4.78 is 5.40. The first kappa shape index (κ1) is 11.5. The van der Waals surface area contributed by atoms with Crippen LogP contribution in [-0.4, -0.2) is 19.1 Å². The smallest absolute Gasteiger partial charge is 0.251 e. The minimum Gasteiger partial charge on any atom is -0.493 e. The molecule has 2 rings (SSSR count). The lowest BCUT2D eigenvalue weighted by Crippen LogP contribution is -2.24. The van der Waals surface area contributed by atoms with Crippen LogP contribution in [0.5, 0.6) is 5.75 Å². The Morgan fingerprint density at radius 1 is 1.53 bits per heavy atom. The van der Waals surface area contributed by atoms with Crippen molar-refractivity contribution in [3.05, 3.63) is 29.3 Å². The van der Waals surface area contributed by atoms with Crippen molar-refractivity contribution in [2.24, 2.45) is 0 Å². The quantitative estimate of drug-likeness (QED) is 0.633. The van der Waals surface area contributed by atoms with Gasteiger partial charge < -0.3 is 10.1 Å². The zero-order chi connectivity index (χ0) is 12.1. The third kappa shape index (κ3) is 2.79. The number of ether oxygens (including phenoxy) is 1. The number of carbonyl (C=O) groups is 1. The molecule has 1 amide bonds. The standard InChI is InChI=1S/C14H15NO2/c1-2-3-4-8-15-14(16)12-5-6-13-11(10-12)7-9-17-13/h5-6,10H,4,7-9H2,1H3,(H,15,16). The Morgan fingerprint density at radius 3 is 3.24 bits per heavy atom. The van der Waals surface area contributed by atoms with E-state index in [1.165, 1.54) is 0 Å². The molecule has 0 saturated carbocycles. The fourth-order valence-corrected chi connectivity index (χ4v) is 1.79. The summed E-state index contributed by atoms with van der Waals surface area (Å²) in [4.78, 5) is 11.8. The highest BCUT2D eigenvalue weighted by atomic mass is 16.5. The minimum atomic E-state index is -0.0439. The summed E-state index contributed by atoms with van der Waals surface area (Å²) in [5, 5.41) is 2.84. The average Bonchev–Trinajstić information content (AvgIpc) is 2.81. The minimum absolute atomic E-state index is 0.0439. The van der Waals surface area contributed by atoms with Crippen LogP contribution < -0.4 is 10.1 Å². The van der Waals surface area contributed by atoms with Crippen LogP contribution in [0, 0.1) is 11.8 Å².